The molecule has 0 saturated carbocycles. The molecule has 0 bridgehead atoms. The first-order chi connectivity index (χ1) is 8.75. The highest BCUT2D eigenvalue weighted by molar-refractivity contribution is 8.13. The third kappa shape index (κ3) is 3.57. The van der Waals surface area contributed by atoms with Crippen molar-refractivity contribution in [1.29, 1.82) is 0 Å². The quantitative estimate of drug-likeness (QED) is 0.612. The molecule has 0 unspecified atom stereocenters. The van der Waals surface area contributed by atoms with Crippen LogP contribution in [0.3, 0.4) is 0 Å². The molecule has 0 saturated heterocycles. The molecule has 0 fully saturated rings. The van der Waals surface area contributed by atoms with Crippen molar-refractivity contribution in [2.24, 2.45) is 0 Å². The summed E-state index contributed by atoms with van der Waals surface area (Å²) in [5.74, 6) is 6.86. The lowest BCUT2D eigenvalue weighted by Crippen LogP contribution is -1.85. The SMILES string of the molecule is CC(=O)SCCC#Cc1ccc2nccnc2c1. The molecule has 0 N–H and O–H groups in total. The average Bonchev–Trinajstić information content (AvgIpc) is 2.38. The van der Waals surface area contributed by atoms with Gasteiger partial charge in [0, 0.05) is 37.1 Å². The maximum Gasteiger partial charge on any atom is 0.185 e. The van der Waals surface area contributed by atoms with Crippen LogP contribution >= 0.6 is 11.8 Å². The molecule has 1 heterocycles. The van der Waals surface area contributed by atoms with Crippen molar-refractivity contribution in [2.45, 2.75) is 13.3 Å². The molecule has 2 rings (SSSR count). The second-order valence-corrected chi connectivity index (χ2v) is 4.92. The fraction of sp³-hybridized carbons (Fsp3) is 0.214. The van der Waals surface area contributed by atoms with Crippen molar-refractivity contribution in [3.8, 4) is 11.8 Å². The maximum absolute atomic E-state index is 10.7. The Labute approximate surface area is 110 Å². The summed E-state index contributed by atoms with van der Waals surface area (Å²) in [5.41, 5.74) is 2.65. The van der Waals surface area contributed by atoms with Gasteiger partial charge < -0.3 is 0 Å². The molecule has 0 spiro atoms. The van der Waals surface area contributed by atoms with Crippen molar-refractivity contribution in [1.82, 2.24) is 9.97 Å². The molecular weight excluding hydrogens is 244 g/mol. The van der Waals surface area contributed by atoms with E-state index in [9.17, 15) is 4.79 Å². The lowest BCUT2D eigenvalue weighted by molar-refractivity contribution is -0.109. The van der Waals surface area contributed by atoms with Crippen molar-refractivity contribution in [3.05, 3.63) is 36.2 Å². The number of aromatic nitrogens is 2. The van der Waals surface area contributed by atoms with Gasteiger partial charge in [0.1, 0.15) is 0 Å². The van der Waals surface area contributed by atoms with E-state index in [0.29, 0.717) is 6.42 Å². The summed E-state index contributed by atoms with van der Waals surface area (Å²) in [4.78, 5) is 19.2. The zero-order valence-corrected chi connectivity index (χ0v) is 10.8. The minimum absolute atomic E-state index is 0.137. The number of hydrogen-bond acceptors (Lipinski definition) is 4. The standard InChI is InChI=1S/C14H12N2OS/c1-11(17)18-9-3-2-4-12-5-6-13-14(10-12)16-8-7-15-13/h5-8,10H,3,9H2,1H3. The van der Waals surface area contributed by atoms with Gasteiger partial charge in [-0.1, -0.05) is 23.6 Å². The zero-order valence-electron chi connectivity index (χ0n) is 10.0. The fourth-order valence-electron chi connectivity index (χ4n) is 1.45. The van der Waals surface area contributed by atoms with E-state index in [1.165, 1.54) is 11.8 Å². The Hall–Kier alpha value is -1.86. The van der Waals surface area contributed by atoms with E-state index in [0.717, 1.165) is 22.3 Å². The number of hydrogen-bond donors (Lipinski definition) is 0. The second kappa shape index (κ2) is 6.18. The van der Waals surface area contributed by atoms with Gasteiger partial charge in [0.05, 0.1) is 11.0 Å². The Kier molecular flexibility index (Phi) is 4.32. The minimum Gasteiger partial charge on any atom is -0.288 e. The molecule has 1 aromatic heterocycles. The highest BCUT2D eigenvalue weighted by Crippen LogP contribution is 2.10. The molecule has 0 radical (unpaired) electrons. The first-order valence-corrected chi connectivity index (χ1v) is 6.57. The Morgan fingerprint density at radius 2 is 2.06 bits per heavy atom. The maximum atomic E-state index is 10.7. The molecule has 2 aromatic rings. The van der Waals surface area contributed by atoms with Crippen LogP contribution in [0.1, 0.15) is 18.9 Å². The van der Waals surface area contributed by atoms with Gasteiger partial charge in [0.2, 0.25) is 0 Å². The van der Waals surface area contributed by atoms with Gasteiger partial charge in [-0.05, 0) is 18.2 Å². The highest BCUT2D eigenvalue weighted by atomic mass is 32.2. The summed E-state index contributed by atoms with van der Waals surface area (Å²) in [6, 6.07) is 5.77. The summed E-state index contributed by atoms with van der Waals surface area (Å²) in [6.07, 6.45) is 4.05. The number of nitrogens with zero attached hydrogens (tertiary/aromatic N) is 2. The normalized spacial score (nSPS) is 9.83. The minimum atomic E-state index is 0.137. The van der Waals surface area contributed by atoms with Crippen LogP contribution in [-0.2, 0) is 4.79 Å². The summed E-state index contributed by atoms with van der Waals surface area (Å²) in [6.45, 7) is 1.57. The van der Waals surface area contributed by atoms with Gasteiger partial charge in [-0.15, -0.1) is 0 Å². The monoisotopic (exact) mass is 256 g/mol. The van der Waals surface area contributed by atoms with Crippen LogP contribution in [0.5, 0.6) is 0 Å². The first-order valence-electron chi connectivity index (χ1n) is 5.59. The topological polar surface area (TPSA) is 42.9 Å². The van der Waals surface area contributed by atoms with Crippen LogP contribution in [0.2, 0.25) is 0 Å². The molecule has 18 heavy (non-hydrogen) atoms. The number of benzene rings is 1. The number of carbonyl (C=O) groups excluding carboxylic acids is 1. The van der Waals surface area contributed by atoms with Crippen molar-refractivity contribution in [3.63, 3.8) is 0 Å². The number of carbonyl (C=O) groups is 1. The van der Waals surface area contributed by atoms with Crippen LogP contribution < -0.4 is 0 Å². The van der Waals surface area contributed by atoms with E-state index < -0.39 is 0 Å². The van der Waals surface area contributed by atoms with Crippen molar-refractivity contribution in [2.75, 3.05) is 5.75 Å². The van der Waals surface area contributed by atoms with Crippen molar-refractivity contribution >= 4 is 27.9 Å². The Balaban J connectivity index is 2.03. The second-order valence-electron chi connectivity index (χ2n) is 3.65. The van der Waals surface area contributed by atoms with E-state index in [4.69, 9.17) is 0 Å². The molecule has 3 nitrogen and oxygen atoms in total. The Bertz CT molecular complexity index is 628. The average molecular weight is 256 g/mol. The summed E-state index contributed by atoms with van der Waals surface area (Å²) in [5, 5.41) is 0.137. The third-order valence-corrected chi connectivity index (χ3v) is 3.05. The summed E-state index contributed by atoms with van der Waals surface area (Å²) in [7, 11) is 0. The summed E-state index contributed by atoms with van der Waals surface area (Å²) < 4.78 is 0. The van der Waals surface area contributed by atoms with Crippen LogP contribution in [0, 0.1) is 11.8 Å². The smallest absolute Gasteiger partial charge is 0.185 e. The molecule has 0 aliphatic heterocycles. The molecule has 0 atom stereocenters. The number of thioether (sulfide) groups is 1. The predicted octanol–water partition coefficient (Wildman–Crippen LogP) is 2.65. The van der Waals surface area contributed by atoms with Gasteiger partial charge >= 0.3 is 0 Å². The van der Waals surface area contributed by atoms with Crippen LogP contribution in [0.15, 0.2) is 30.6 Å². The highest BCUT2D eigenvalue weighted by Gasteiger charge is 1.95. The summed E-state index contributed by atoms with van der Waals surface area (Å²) >= 11 is 1.31. The lowest BCUT2D eigenvalue weighted by Gasteiger charge is -1.95. The van der Waals surface area contributed by atoms with Crippen LogP contribution in [0.4, 0.5) is 0 Å². The molecule has 90 valence electrons. The number of fused-ring (bicyclic) bond motifs is 1. The van der Waals surface area contributed by atoms with E-state index in [-0.39, 0.29) is 5.12 Å². The Morgan fingerprint density at radius 1 is 1.28 bits per heavy atom. The largest absolute Gasteiger partial charge is 0.288 e. The fourth-order valence-corrected chi connectivity index (χ4v) is 1.94. The lowest BCUT2D eigenvalue weighted by atomic mass is 10.2. The van der Waals surface area contributed by atoms with Crippen LogP contribution in [0.25, 0.3) is 11.0 Å². The Morgan fingerprint density at radius 3 is 2.83 bits per heavy atom. The van der Waals surface area contributed by atoms with Gasteiger partial charge in [0.15, 0.2) is 5.12 Å². The molecular formula is C14H12N2OS. The predicted molar refractivity (Wildman–Crippen MR) is 74.2 cm³/mol. The first kappa shape index (κ1) is 12.6. The molecule has 0 aliphatic rings. The molecule has 1 aromatic carbocycles. The third-order valence-electron chi connectivity index (χ3n) is 2.23. The van der Waals surface area contributed by atoms with Crippen LogP contribution in [-0.4, -0.2) is 20.8 Å². The van der Waals surface area contributed by atoms with Gasteiger partial charge in [0.25, 0.3) is 0 Å². The van der Waals surface area contributed by atoms with E-state index >= 15 is 0 Å². The van der Waals surface area contributed by atoms with E-state index in [1.54, 1.807) is 19.3 Å². The van der Waals surface area contributed by atoms with E-state index in [1.807, 2.05) is 18.2 Å². The van der Waals surface area contributed by atoms with Gasteiger partial charge in [-0.3, -0.25) is 14.8 Å². The van der Waals surface area contributed by atoms with Gasteiger partial charge in [-0.2, -0.15) is 0 Å². The van der Waals surface area contributed by atoms with Gasteiger partial charge in [-0.25, -0.2) is 0 Å². The molecule has 0 amide bonds. The zero-order chi connectivity index (χ0) is 12.8. The van der Waals surface area contributed by atoms with E-state index in [2.05, 4.69) is 21.8 Å². The molecule has 0 aliphatic carbocycles. The molecule has 4 heteroatoms. The number of rotatable bonds is 2. The van der Waals surface area contributed by atoms with Crippen molar-refractivity contribution < 1.29 is 4.79 Å².